The van der Waals surface area contributed by atoms with Crippen molar-refractivity contribution in [3.63, 3.8) is 0 Å². The molecule has 2 aliphatic carbocycles. The molecule has 0 unspecified atom stereocenters. The molecule has 0 saturated heterocycles. The van der Waals surface area contributed by atoms with Crippen molar-refractivity contribution in [1.82, 2.24) is 0 Å². The fraction of sp³-hybridized carbons (Fsp3) is 0.256. The van der Waals surface area contributed by atoms with Gasteiger partial charge in [-0.2, -0.15) is 0 Å². The van der Waals surface area contributed by atoms with Crippen molar-refractivity contribution < 1.29 is 46.1 Å². The molecule has 44 heavy (non-hydrogen) atoms. The molecule has 0 aliphatic heterocycles. The van der Waals surface area contributed by atoms with Crippen molar-refractivity contribution in [2.24, 2.45) is 0 Å². The van der Waals surface area contributed by atoms with Crippen LogP contribution in [0.25, 0.3) is 11.1 Å². The first-order valence-electron chi connectivity index (χ1n) is 14.8. The first kappa shape index (κ1) is 36.0. The second-order valence-corrected chi connectivity index (χ2v) is 22.2. The van der Waals surface area contributed by atoms with Crippen molar-refractivity contribution in [1.29, 1.82) is 0 Å². The van der Waals surface area contributed by atoms with Crippen LogP contribution >= 0.6 is 45.2 Å². The molecule has 0 heterocycles. The third-order valence-electron chi connectivity index (χ3n) is 8.71. The molecule has 4 aromatic carbocycles. The van der Waals surface area contributed by atoms with E-state index in [2.05, 4.69) is 190 Å². The summed E-state index contributed by atoms with van der Waals surface area (Å²) in [6.07, 6.45) is 8.24. The van der Waals surface area contributed by atoms with Crippen molar-refractivity contribution >= 4 is 48.4 Å². The monoisotopic (exact) mass is 920 g/mol. The minimum Gasteiger partial charge on any atom is -1.00 e. The number of rotatable bonds is 4. The quantitative estimate of drug-likeness (QED) is 0.244. The Morgan fingerprint density at radius 1 is 0.659 bits per heavy atom. The molecule has 4 aromatic rings. The summed E-state index contributed by atoms with van der Waals surface area (Å²) in [6, 6.07) is 33.1. The normalized spacial score (nSPS) is 13.7. The number of allylic oxidation sites excluding steroid dienone is 4. The van der Waals surface area contributed by atoms with Gasteiger partial charge in [0.1, 0.15) is 0 Å². The summed E-state index contributed by atoms with van der Waals surface area (Å²) in [5.41, 5.74) is 11.9. The summed E-state index contributed by atoms with van der Waals surface area (Å²) in [5, 5.41) is 0. The van der Waals surface area contributed by atoms with E-state index in [0.29, 0.717) is 3.63 Å². The van der Waals surface area contributed by atoms with E-state index in [-0.39, 0.29) is 35.6 Å². The number of halogens is 4. The minimum atomic E-state index is -2.70. The third kappa shape index (κ3) is 6.89. The molecular formula is C39H38Cl2I2Zr. The van der Waals surface area contributed by atoms with Gasteiger partial charge in [-0.25, -0.2) is 0 Å². The van der Waals surface area contributed by atoms with Crippen LogP contribution in [-0.4, -0.2) is 3.21 Å². The van der Waals surface area contributed by atoms with Crippen LogP contribution in [0.15, 0.2) is 106 Å². The van der Waals surface area contributed by atoms with Crippen LogP contribution in [0, 0.1) is 7.14 Å². The molecule has 0 atom stereocenters. The maximum atomic E-state index is 2.57. The van der Waals surface area contributed by atoms with E-state index in [1.54, 1.807) is 17.6 Å². The van der Waals surface area contributed by atoms with E-state index >= 15 is 0 Å². The number of hydrogen-bond acceptors (Lipinski definition) is 0. The first-order chi connectivity index (χ1) is 19.9. The van der Waals surface area contributed by atoms with Gasteiger partial charge in [0, 0.05) is 0 Å². The van der Waals surface area contributed by atoms with E-state index in [9.17, 15) is 0 Å². The number of fused-ring (bicyclic) bond motifs is 3. The van der Waals surface area contributed by atoms with E-state index in [1.165, 1.54) is 40.5 Å². The Bertz CT molecular complexity index is 1690. The van der Waals surface area contributed by atoms with E-state index in [4.69, 9.17) is 0 Å². The van der Waals surface area contributed by atoms with Gasteiger partial charge in [-0.1, -0.05) is 0 Å². The Morgan fingerprint density at radius 3 is 1.50 bits per heavy atom. The molecule has 0 bridgehead atoms. The molecule has 6 rings (SSSR count). The molecule has 0 nitrogen and oxygen atoms in total. The summed E-state index contributed by atoms with van der Waals surface area (Å²) in [7, 11) is 0. The fourth-order valence-electron chi connectivity index (χ4n) is 6.39. The van der Waals surface area contributed by atoms with Crippen molar-refractivity contribution in [2.45, 2.75) is 62.4 Å². The minimum absolute atomic E-state index is 0. The van der Waals surface area contributed by atoms with Gasteiger partial charge in [0.25, 0.3) is 0 Å². The molecule has 0 N–H and O–H groups in total. The zero-order valence-electron chi connectivity index (χ0n) is 26.1. The molecule has 0 radical (unpaired) electrons. The van der Waals surface area contributed by atoms with Crippen LogP contribution in [0.2, 0.25) is 0 Å². The SMILES string of the molecule is CC(C)(C)c1ccc2c(c1)-c1cc(C(C)(C)C)ccc1[CH]2[Zr+2]([C]1=CC=CC1)=[C](c1ccccc1I)c1ccccc1I.[Cl-].[Cl-]. The molecule has 226 valence electrons. The smallest absolute Gasteiger partial charge is 1.00 e. The Hall–Kier alpha value is -0.847. The molecule has 5 heteroatoms. The van der Waals surface area contributed by atoms with Crippen molar-refractivity contribution in [3.05, 3.63) is 147 Å². The van der Waals surface area contributed by atoms with Gasteiger partial charge in [-0.15, -0.1) is 0 Å². The van der Waals surface area contributed by atoms with Gasteiger partial charge >= 0.3 is 290 Å². The molecule has 0 aromatic heterocycles. The molecule has 0 spiro atoms. The van der Waals surface area contributed by atoms with Crippen LogP contribution in [-0.2, 0) is 32.1 Å². The molecule has 0 amide bonds. The van der Waals surface area contributed by atoms with Crippen LogP contribution in [0.4, 0.5) is 0 Å². The fourth-order valence-corrected chi connectivity index (χ4v) is 18.1. The molecule has 0 fully saturated rings. The van der Waals surface area contributed by atoms with Crippen LogP contribution in [0.1, 0.15) is 85.0 Å². The molecule has 0 saturated carbocycles. The second kappa shape index (κ2) is 14.1. The Morgan fingerprint density at radius 2 is 1.11 bits per heavy atom. The average Bonchev–Trinajstić information content (AvgIpc) is 3.58. The summed E-state index contributed by atoms with van der Waals surface area (Å²) in [6.45, 7) is 14.0. The van der Waals surface area contributed by atoms with Gasteiger partial charge in [0.2, 0.25) is 0 Å². The first-order valence-corrected chi connectivity index (χ1v) is 20.9. The Labute approximate surface area is 311 Å². The van der Waals surface area contributed by atoms with E-state index < -0.39 is 21.3 Å². The van der Waals surface area contributed by atoms with Gasteiger partial charge in [-0.3, -0.25) is 0 Å². The summed E-state index contributed by atoms with van der Waals surface area (Å²) in [4.78, 5) is 0. The second-order valence-electron chi connectivity index (χ2n) is 13.6. The Balaban J connectivity index is 0.00000221. The predicted octanol–water partition coefficient (Wildman–Crippen LogP) is 5.30. The topological polar surface area (TPSA) is 0 Å². The third-order valence-corrected chi connectivity index (χ3v) is 18.8. The van der Waals surface area contributed by atoms with Crippen LogP contribution in [0.3, 0.4) is 0 Å². The molecular weight excluding hydrogens is 884 g/mol. The summed E-state index contributed by atoms with van der Waals surface area (Å²) < 4.78 is 6.44. The predicted molar refractivity (Wildman–Crippen MR) is 194 cm³/mol. The maximum Gasteiger partial charge on any atom is -1.00 e. The number of hydrogen-bond donors (Lipinski definition) is 0. The zero-order valence-corrected chi connectivity index (χ0v) is 34.4. The van der Waals surface area contributed by atoms with Gasteiger partial charge in [-0.05, 0) is 0 Å². The zero-order chi connectivity index (χ0) is 29.8. The summed E-state index contributed by atoms with van der Waals surface area (Å²) >= 11 is 2.45. The van der Waals surface area contributed by atoms with Crippen LogP contribution < -0.4 is 24.8 Å². The standard InChI is InChI=1S/C21H25.C13H8I2.C5H5.2ClH.Zr/c1-20(2,3)16-9-7-14-11-15-8-10-17(21(4,5)6)13-19(15)18(14)12-16;14-12-7-3-1-5-10(12)9-11-6-2-4-8-13(11)15;1-2-4-5-3-1;;;/h7-13H,1-6H3;1-8H;1-3H,4H2;2*1H;/q;;;;;+2/p-2. The largest absolute Gasteiger partial charge is 1.00 e. The average molecular weight is 923 g/mol. The van der Waals surface area contributed by atoms with Crippen molar-refractivity contribution in [2.75, 3.05) is 0 Å². The molecule has 2 aliphatic rings. The van der Waals surface area contributed by atoms with Crippen molar-refractivity contribution in [3.8, 4) is 11.1 Å². The van der Waals surface area contributed by atoms with E-state index in [1.807, 2.05) is 0 Å². The number of benzene rings is 4. The van der Waals surface area contributed by atoms with E-state index in [0.717, 1.165) is 6.42 Å². The van der Waals surface area contributed by atoms with Crippen LogP contribution in [0.5, 0.6) is 0 Å². The van der Waals surface area contributed by atoms with Gasteiger partial charge in [0.05, 0.1) is 0 Å². The summed E-state index contributed by atoms with van der Waals surface area (Å²) in [5.74, 6) is 0. The Kier molecular flexibility index (Phi) is 11.5. The van der Waals surface area contributed by atoms with Gasteiger partial charge < -0.3 is 24.8 Å². The van der Waals surface area contributed by atoms with Gasteiger partial charge in [0.15, 0.2) is 0 Å². The maximum absolute atomic E-state index is 2.70.